The number of hydrogen-bond donors (Lipinski definition) is 0. The van der Waals surface area contributed by atoms with E-state index >= 15 is 0 Å². The van der Waals surface area contributed by atoms with Crippen molar-refractivity contribution in [1.29, 1.82) is 0 Å². The summed E-state index contributed by atoms with van der Waals surface area (Å²) >= 11 is 0. The summed E-state index contributed by atoms with van der Waals surface area (Å²) in [4.78, 5) is 17.8. The Morgan fingerprint density at radius 1 is 1.27 bits per heavy atom. The Bertz CT molecular complexity index is 1070. The molecule has 0 spiro atoms. The Labute approximate surface area is 171 Å². The van der Waals surface area contributed by atoms with E-state index in [1.165, 1.54) is 13.2 Å². The molecule has 0 saturated carbocycles. The van der Waals surface area contributed by atoms with Gasteiger partial charge in [0.15, 0.2) is 5.82 Å². The van der Waals surface area contributed by atoms with E-state index in [-0.39, 0.29) is 29.8 Å². The molecule has 30 heavy (non-hydrogen) atoms. The monoisotopic (exact) mass is 415 g/mol. The minimum absolute atomic E-state index is 0.0816. The Balaban J connectivity index is 1.39. The van der Waals surface area contributed by atoms with Crippen molar-refractivity contribution in [2.75, 3.05) is 33.4 Å². The van der Waals surface area contributed by atoms with Gasteiger partial charge in [-0.25, -0.2) is 9.18 Å². The topological polar surface area (TPSA) is 95.5 Å². The quantitative estimate of drug-likeness (QED) is 0.648. The van der Waals surface area contributed by atoms with Crippen LogP contribution in [0.5, 0.6) is 0 Å². The average molecular weight is 415 g/mol. The largest absolute Gasteiger partial charge is 0.453 e. The van der Waals surface area contributed by atoms with Crippen molar-refractivity contribution < 1.29 is 23.2 Å². The fraction of sp³-hybridized carbons (Fsp3) is 0.500. The molecule has 1 amide bonds. The van der Waals surface area contributed by atoms with E-state index in [0.717, 1.165) is 19.3 Å². The molecule has 2 aliphatic rings. The lowest BCUT2D eigenvalue weighted by atomic mass is 9.96. The zero-order valence-corrected chi connectivity index (χ0v) is 16.6. The van der Waals surface area contributed by atoms with Crippen LogP contribution in [0.25, 0.3) is 22.4 Å². The van der Waals surface area contributed by atoms with Crippen molar-refractivity contribution in [3.8, 4) is 11.5 Å². The molecule has 0 aliphatic carbocycles. The first-order chi connectivity index (χ1) is 14.6. The van der Waals surface area contributed by atoms with Gasteiger partial charge < -0.3 is 18.9 Å². The molecular weight excluding hydrogens is 393 g/mol. The minimum atomic E-state index is -0.376. The first-order valence-corrected chi connectivity index (χ1v) is 10.1. The molecule has 2 saturated heterocycles. The number of amides is 1. The SMILES string of the molecule is COC(=O)N1CCC(c2noc(-c3cc(F)c4cnn(C5CCOC5)c4c3)n2)CC1. The van der Waals surface area contributed by atoms with Crippen LogP contribution in [0.1, 0.15) is 37.0 Å². The highest BCUT2D eigenvalue weighted by molar-refractivity contribution is 5.83. The zero-order chi connectivity index (χ0) is 20.7. The summed E-state index contributed by atoms with van der Waals surface area (Å²) in [7, 11) is 1.38. The first-order valence-electron chi connectivity index (χ1n) is 10.1. The van der Waals surface area contributed by atoms with Crippen LogP contribution in [0.3, 0.4) is 0 Å². The van der Waals surface area contributed by atoms with Gasteiger partial charge in [-0.3, -0.25) is 4.68 Å². The second kappa shape index (κ2) is 7.67. The van der Waals surface area contributed by atoms with Gasteiger partial charge in [0, 0.05) is 31.2 Å². The number of methoxy groups -OCH3 is 1. The predicted molar refractivity (Wildman–Crippen MR) is 103 cm³/mol. The van der Waals surface area contributed by atoms with Gasteiger partial charge in [-0.1, -0.05) is 5.16 Å². The summed E-state index contributed by atoms with van der Waals surface area (Å²) < 4.78 is 32.2. The Morgan fingerprint density at radius 3 is 2.83 bits per heavy atom. The van der Waals surface area contributed by atoms with Gasteiger partial charge in [0.2, 0.25) is 0 Å². The lowest BCUT2D eigenvalue weighted by Gasteiger charge is -2.29. The number of fused-ring (bicyclic) bond motifs is 1. The number of piperidine rings is 1. The molecule has 5 rings (SSSR count). The van der Waals surface area contributed by atoms with Crippen LogP contribution in [-0.2, 0) is 9.47 Å². The molecule has 0 bridgehead atoms. The third-order valence-corrected chi connectivity index (χ3v) is 5.90. The van der Waals surface area contributed by atoms with Crippen LogP contribution in [0.4, 0.5) is 9.18 Å². The van der Waals surface area contributed by atoms with Gasteiger partial charge in [0.1, 0.15) is 5.82 Å². The van der Waals surface area contributed by atoms with Crippen LogP contribution in [0, 0.1) is 5.82 Å². The number of likely N-dealkylation sites (tertiary alicyclic amines) is 1. The number of carbonyl (C=O) groups excluding carboxylic acids is 1. The number of carbonyl (C=O) groups is 1. The predicted octanol–water partition coefficient (Wildman–Crippen LogP) is 3.13. The van der Waals surface area contributed by atoms with Crippen molar-refractivity contribution in [3.63, 3.8) is 0 Å². The molecule has 1 aromatic carbocycles. The molecule has 2 fully saturated rings. The first kappa shape index (κ1) is 19.0. The summed E-state index contributed by atoms with van der Waals surface area (Å²) in [6, 6.07) is 3.33. The molecule has 4 heterocycles. The van der Waals surface area contributed by atoms with Crippen LogP contribution in [-0.4, -0.2) is 64.3 Å². The maximum Gasteiger partial charge on any atom is 0.409 e. The summed E-state index contributed by atoms with van der Waals surface area (Å²) in [6.07, 6.45) is 3.50. The van der Waals surface area contributed by atoms with Crippen LogP contribution in [0.15, 0.2) is 22.9 Å². The second-order valence-electron chi connectivity index (χ2n) is 7.69. The molecule has 9 nitrogen and oxygen atoms in total. The number of hydrogen-bond acceptors (Lipinski definition) is 7. The van der Waals surface area contributed by atoms with E-state index < -0.39 is 0 Å². The lowest BCUT2D eigenvalue weighted by Crippen LogP contribution is -2.37. The highest BCUT2D eigenvalue weighted by Gasteiger charge is 2.28. The van der Waals surface area contributed by atoms with Crippen molar-refractivity contribution in [3.05, 3.63) is 30.0 Å². The molecule has 2 aliphatic heterocycles. The molecule has 3 aromatic rings. The number of benzene rings is 1. The van der Waals surface area contributed by atoms with E-state index in [9.17, 15) is 9.18 Å². The van der Waals surface area contributed by atoms with E-state index in [1.54, 1.807) is 11.1 Å². The maximum atomic E-state index is 14.7. The number of ether oxygens (including phenoxy) is 2. The van der Waals surface area contributed by atoms with E-state index in [2.05, 4.69) is 15.2 Å². The third kappa shape index (κ3) is 3.30. The highest BCUT2D eigenvalue weighted by atomic mass is 19.1. The number of rotatable bonds is 3. The molecule has 0 N–H and O–H groups in total. The van der Waals surface area contributed by atoms with Gasteiger partial charge in [0.25, 0.3) is 5.89 Å². The van der Waals surface area contributed by atoms with Gasteiger partial charge >= 0.3 is 6.09 Å². The zero-order valence-electron chi connectivity index (χ0n) is 16.6. The standard InChI is InChI=1S/C20H22FN5O4/c1-28-20(27)25-5-2-12(3-6-25)18-23-19(30-24-18)13-8-16(21)15-10-22-26(17(15)9-13)14-4-7-29-11-14/h8-10,12,14H,2-7,11H2,1H3. The average Bonchev–Trinajstić information content (AvgIpc) is 3.53. The molecule has 0 radical (unpaired) electrons. The Morgan fingerprint density at radius 2 is 2.10 bits per heavy atom. The van der Waals surface area contributed by atoms with Crippen molar-refractivity contribution in [1.82, 2.24) is 24.8 Å². The fourth-order valence-electron chi connectivity index (χ4n) is 4.20. The van der Waals surface area contributed by atoms with Crippen LogP contribution >= 0.6 is 0 Å². The summed E-state index contributed by atoms with van der Waals surface area (Å²) in [5, 5.41) is 8.94. The van der Waals surface area contributed by atoms with Gasteiger partial charge in [-0.15, -0.1) is 0 Å². The summed E-state index contributed by atoms with van der Waals surface area (Å²) in [6.45, 7) is 2.39. The molecule has 1 unspecified atom stereocenters. The number of nitrogens with zero attached hydrogens (tertiary/aromatic N) is 5. The highest BCUT2D eigenvalue weighted by Crippen LogP contribution is 2.32. The van der Waals surface area contributed by atoms with Crippen molar-refractivity contribution in [2.45, 2.75) is 31.2 Å². The summed E-state index contributed by atoms with van der Waals surface area (Å²) in [5.41, 5.74) is 1.21. The molecule has 1 atom stereocenters. The number of aromatic nitrogens is 4. The van der Waals surface area contributed by atoms with Crippen molar-refractivity contribution in [2.24, 2.45) is 0 Å². The molecular formula is C20H22FN5O4. The normalized spacial score (nSPS) is 20.2. The van der Waals surface area contributed by atoms with Crippen molar-refractivity contribution >= 4 is 17.0 Å². The lowest BCUT2D eigenvalue weighted by molar-refractivity contribution is 0.111. The molecule has 2 aromatic heterocycles. The van der Waals surface area contributed by atoms with Crippen LogP contribution < -0.4 is 0 Å². The molecule has 10 heteroatoms. The fourth-order valence-corrected chi connectivity index (χ4v) is 4.20. The Hall–Kier alpha value is -3.01. The van der Waals surface area contributed by atoms with Crippen LogP contribution in [0.2, 0.25) is 0 Å². The minimum Gasteiger partial charge on any atom is -0.453 e. The molecule has 158 valence electrons. The van der Waals surface area contributed by atoms with Gasteiger partial charge in [0.05, 0.1) is 36.9 Å². The Kier molecular flexibility index (Phi) is 4.86. The smallest absolute Gasteiger partial charge is 0.409 e. The van der Waals surface area contributed by atoms with Gasteiger partial charge in [-0.2, -0.15) is 10.1 Å². The summed E-state index contributed by atoms with van der Waals surface area (Å²) in [5.74, 6) is 0.557. The third-order valence-electron chi connectivity index (χ3n) is 5.90. The van der Waals surface area contributed by atoms with E-state index in [4.69, 9.17) is 14.0 Å². The van der Waals surface area contributed by atoms with E-state index in [0.29, 0.717) is 48.6 Å². The number of halogens is 1. The second-order valence-corrected chi connectivity index (χ2v) is 7.69. The maximum absolute atomic E-state index is 14.7. The van der Waals surface area contributed by atoms with E-state index in [1.807, 2.05) is 10.7 Å². The van der Waals surface area contributed by atoms with Gasteiger partial charge in [-0.05, 0) is 31.4 Å².